The fraction of sp³-hybridized carbons (Fsp3) is 0.647. The minimum absolute atomic E-state index is 0.171. The molecule has 0 aromatic carbocycles. The van der Waals surface area contributed by atoms with E-state index in [1.807, 2.05) is 48.5 Å². The van der Waals surface area contributed by atoms with Crippen LogP contribution in [0, 0.1) is 31.1 Å². The molecule has 1 heterocycles. The summed E-state index contributed by atoms with van der Waals surface area (Å²) in [7, 11) is 0. The van der Waals surface area contributed by atoms with Gasteiger partial charge in [-0.25, -0.2) is 4.79 Å². The molecule has 0 aliphatic heterocycles. The Morgan fingerprint density at radius 3 is 2.42 bits per heavy atom. The third-order valence-corrected chi connectivity index (χ3v) is 3.56. The predicted octanol–water partition coefficient (Wildman–Crippen LogP) is 2.93. The Morgan fingerprint density at radius 1 is 1.29 bits per heavy atom. The lowest BCUT2D eigenvalue weighted by Crippen LogP contribution is -2.45. The van der Waals surface area contributed by atoms with Gasteiger partial charge in [0.15, 0.2) is 5.82 Å². The van der Waals surface area contributed by atoms with Crippen molar-refractivity contribution in [3.8, 4) is 6.07 Å². The molecule has 1 rings (SSSR count). The van der Waals surface area contributed by atoms with Crippen molar-refractivity contribution in [3.05, 3.63) is 16.8 Å². The Kier molecular flexibility index (Phi) is 6.52. The van der Waals surface area contributed by atoms with Crippen molar-refractivity contribution in [2.75, 3.05) is 11.9 Å². The fourth-order valence-corrected chi connectivity index (χ4v) is 1.99. The van der Waals surface area contributed by atoms with Crippen LogP contribution in [0.3, 0.4) is 0 Å². The first-order valence-corrected chi connectivity index (χ1v) is 8.02. The van der Waals surface area contributed by atoms with Crippen molar-refractivity contribution in [2.24, 2.45) is 5.92 Å². The highest BCUT2D eigenvalue weighted by Crippen LogP contribution is 2.17. The van der Waals surface area contributed by atoms with E-state index in [1.165, 1.54) is 0 Å². The molecule has 0 saturated carbocycles. The summed E-state index contributed by atoms with van der Waals surface area (Å²) in [6.45, 7) is 13.5. The van der Waals surface area contributed by atoms with Crippen molar-refractivity contribution in [1.82, 2.24) is 15.5 Å². The van der Waals surface area contributed by atoms with Crippen LogP contribution in [-0.4, -0.2) is 34.5 Å². The summed E-state index contributed by atoms with van der Waals surface area (Å²) in [5, 5.41) is 23.4. The third-order valence-electron chi connectivity index (χ3n) is 3.56. The number of alkyl carbamates (subject to hydrolysis) is 1. The second-order valence-corrected chi connectivity index (χ2v) is 7.12. The number of aromatic nitrogens is 2. The first kappa shape index (κ1) is 19.7. The first-order chi connectivity index (χ1) is 11.0. The number of nitriles is 1. The van der Waals surface area contributed by atoms with Gasteiger partial charge in [0.05, 0.1) is 11.7 Å². The zero-order valence-corrected chi connectivity index (χ0v) is 15.5. The summed E-state index contributed by atoms with van der Waals surface area (Å²) in [4.78, 5) is 12.0. The van der Waals surface area contributed by atoms with E-state index in [0.717, 1.165) is 11.3 Å². The SMILES string of the molecule is Cc1nnc(NCC(NC(=O)OC(C)(C)C)C(C)C)c(C#N)c1C. The van der Waals surface area contributed by atoms with Crippen LogP contribution in [0.2, 0.25) is 0 Å². The number of rotatable bonds is 5. The number of amides is 1. The van der Waals surface area contributed by atoms with Gasteiger partial charge in [-0.3, -0.25) is 0 Å². The highest BCUT2D eigenvalue weighted by molar-refractivity contribution is 5.68. The molecule has 0 aliphatic rings. The van der Waals surface area contributed by atoms with Gasteiger partial charge in [-0.05, 0) is 46.1 Å². The van der Waals surface area contributed by atoms with Gasteiger partial charge in [0.25, 0.3) is 0 Å². The first-order valence-electron chi connectivity index (χ1n) is 8.02. The van der Waals surface area contributed by atoms with Crippen LogP contribution in [0.5, 0.6) is 0 Å². The van der Waals surface area contributed by atoms with Crippen molar-refractivity contribution in [1.29, 1.82) is 5.26 Å². The van der Waals surface area contributed by atoms with Gasteiger partial charge >= 0.3 is 6.09 Å². The molecule has 0 fully saturated rings. The maximum atomic E-state index is 12.0. The number of hydrogen-bond donors (Lipinski definition) is 2. The topological polar surface area (TPSA) is 99.9 Å². The number of ether oxygens (including phenoxy) is 1. The summed E-state index contributed by atoms with van der Waals surface area (Å²) in [5.74, 6) is 0.604. The van der Waals surface area contributed by atoms with E-state index in [9.17, 15) is 10.1 Å². The second-order valence-electron chi connectivity index (χ2n) is 7.12. The Morgan fingerprint density at radius 2 is 1.92 bits per heavy atom. The number of carbonyl (C=O) groups is 1. The monoisotopic (exact) mass is 333 g/mol. The number of nitrogens with one attached hydrogen (secondary N) is 2. The minimum atomic E-state index is -0.549. The predicted molar refractivity (Wildman–Crippen MR) is 92.7 cm³/mol. The van der Waals surface area contributed by atoms with E-state index in [0.29, 0.717) is 17.9 Å². The van der Waals surface area contributed by atoms with Crippen LogP contribution in [0.15, 0.2) is 0 Å². The Balaban J connectivity index is 2.80. The van der Waals surface area contributed by atoms with Gasteiger partial charge in [-0.1, -0.05) is 13.8 Å². The Hall–Kier alpha value is -2.36. The molecule has 7 heteroatoms. The Bertz CT molecular complexity index is 629. The lowest BCUT2D eigenvalue weighted by atomic mass is 10.0. The van der Waals surface area contributed by atoms with Gasteiger partial charge < -0.3 is 15.4 Å². The van der Waals surface area contributed by atoms with Crippen molar-refractivity contribution >= 4 is 11.9 Å². The zero-order chi connectivity index (χ0) is 18.5. The maximum absolute atomic E-state index is 12.0. The number of carbonyl (C=O) groups excluding carboxylic acids is 1. The van der Waals surface area contributed by atoms with Crippen molar-refractivity contribution in [2.45, 2.75) is 60.1 Å². The smallest absolute Gasteiger partial charge is 0.407 e. The average Bonchev–Trinajstić information content (AvgIpc) is 2.44. The average molecular weight is 333 g/mol. The molecule has 1 amide bonds. The van der Waals surface area contributed by atoms with Gasteiger partial charge in [0.2, 0.25) is 0 Å². The number of nitrogens with zero attached hydrogens (tertiary/aromatic N) is 3. The fourth-order valence-electron chi connectivity index (χ4n) is 1.99. The molecule has 7 nitrogen and oxygen atoms in total. The lowest BCUT2D eigenvalue weighted by molar-refractivity contribution is 0.0494. The molecule has 1 unspecified atom stereocenters. The Labute approximate surface area is 143 Å². The normalized spacial score (nSPS) is 12.5. The van der Waals surface area contributed by atoms with Crippen molar-refractivity contribution < 1.29 is 9.53 Å². The van der Waals surface area contributed by atoms with Crippen LogP contribution < -0.4 is 10.6 Å². The molecule has 1 aromatic rings. The number of hydrogen-bond acceptors (Lipinski definition) is 6. The quantitative estimate of drug-likeness (QED) is 0.859. The largest absolute Gasteiger partial charge is 0.444 e. The maximum Gasteiger partial charge on any atom is 0.407 e. The third kappa shape index (κ3) is 5.69. The van der Waals surface area contributed by atoms with Crippen LogP contribution in [0.4, 0.5) is 10.6 Å². The van der Waals surface area contributed by atoms with Crippen molar-refractivity contribution in [3.63, 3.8) is 0 Å². The summed E-state index contributed by atoms with van der Waals surface area (Å²) < 4.78 is 5.29. The van der Waals surface area contributed by atoms with E-state index < -0.39 is 11.7 Å². The van der Waals surface area contributed by atoms with E-state index in [-0.39, 0.29) is 12.0 Å². The minimum Gasteiger partial charge on any atom is -0.444 e. The molecule has 1 aromatic heterocycles. The standard InChI is InChI=1S/C17H27N5O2/c1-10(2)14(20-16(23)24-17(5,6)7)9-19-15-13(8-18)11(3)12(4)21-22-15/h10,14H,9H2,1-7H3,(H,19,22)(H,20,23). The van der Waals surface area contributed by atoms with Gasteiger partial charge in [-0.15, -0.1) is 5.10 Å². The summed E-state index contributed by atoms with van der Waals surface area (Å²) >= 11 is 0. The van der Waals surface area contributed by atoms with Crippen LogP contribution in [0.25, 0.3) is 0 Å². The van der Waals surface area contributed by atoms with Crippen LogP contribution >= 0.6 is 0 Å². The molecule has 2 N–H and O–H groups in total. The highest BCUT2D eigenvalue weighted by Gasteiger charge is 2.22. The molecule has 0 bridgehead atoms. The van der Waals surface area contributed by atoms with E-state index in [4.69, 9.17) is 4.74 Å². The van der Waals surface area contributed by atoms with E-state index >= 15 is 0 Å². The highest BCUT2D eigenvalue weighted by atomic mass is 16.6. The zero-order valence-electron chi connectivity index (χ0n) is 15.5. The van der Waals surface area contributed by atoms with Gasteiger partial charge in [0.1, 0.15) is 17.2 Å². The summed E-state index contributed by atoms with van der Waals surface area (Å²) in [5.41, 5.74) is 1.45. The van der Waals surface area contributed by atoms with E-state index in [2.05, 4.69) is 26.9 Å². The molecular formula is C17H27N5O2. The molecule has 0 radical (unpaired) electrons. The number of aryl methyl sites for hydroxylation is 1. The van der Waals surface area contributed by atoms with E-state index in [1.54, 1.807) is 0 Å². The summed E-state index contributed by atoms with van der Waals surface area (Å²) in [6, 6.07) is 1.98. The number of anilines is 1. The van der Waals surface area contributed by atoms with Gasteiger partial charge in [-0.2, -0.15) is 10.4 Å². The molecule has 132 valence electrons. The van der Waals surface area contributed by atoms with Gasteiger partial charge in [0, 0.05) is 6.54 Å². The molecule has 24 heavy (non-hydrogen) atoms. The second kappa shape index (κ2) is 7.95. The molecule has 0 aliphatic carbocycles. The molecule has 0 spiro atoms. The summed E-state index contributed by atoms with van der Waals surface area (Å²) in [6.07, 6.45) is -0.463. The van der Waals surface area contributed by atoms with Crippen LogP contribution in [-0.2, 0) is 4.74 Å². The molecular weight excluding hydrogens is 306 g/mol. The molecule has 1 atom stereocenters. The van der Waals surface area contributed by atoms with Crippen LogP contribution in [0.1, 0.15) is 51.4 Å². The lowest BCUT2D eigenvalue weighted by Gasteiger charge is -2.26. The molecule has 0 saturated heterocycles.